The summed E-state index contributed by atoms with van der Waals surface area (Å²) in [5, 5.41) is 1.06. The topological polar surface area (TPSA) is 77.0 Å². The average molecular weight is 284 g/mol. The number of nitrogens with one attached hydrogen (secondary N) is 1. The number of hydrogen-bond donors (Lipinski definition) is 3. The van der Waals surface area contributed by atoms with Gasteiger partial charge in [0.1, 0.15) is 0 Å². The van der Waals surface area contributed by atoms with Crippen molar-refractivity contribution in [3.63, 3.8) is 0 Å². The number of thioether (sulfide) groups is 2. The first-order valence-corrected chi connectivity index (χ1v) is 8.26. The van der Waals surface area contributed by atoms with Gasteiger partial charge < -0.3 is 5.73 Å². The molecule has 0 amide bonds. The van der Waals surface area contributed by atoms with Crippen molar-refractivity contribution >= 4 is 29.2 Å². The molecule has 3 unspecified atom stereocenters. The quantitative estimate of drug-likeness (QED) is 0.578. The fourth-order valence-corrected chi connectivity index (χ4v) is 5.51. The Morgan fingerprint density at radius 2 is 2.28 bits per heavy atom. The molecule has 100 valence electrons. The van der Waals surface area contributed by atoms with Gasteiger partial charge in [-0.25, -0.2) is 0 Å². The Balaban J connectivity index is 2.24. The summed E-state index contributed by atoms with van der Waals surface area (Å²) in [4.78, 5) is 4.17. The highest BCUT2D eigenvalue weighted by Gasteiger charge is 2.33. The van der Waals surface area contributed by atoms with Gasteiger partial charge in [-0.15, -0.1) is 0 Å². The Kier molecular flexibility index (Phi) is 5.17. The minimum absolute atomic E-state index is 0.0708. The fourth-order valence-electron chi connectivity index (χ4n) is 2.29. The second kappa shape index (κ2) is 6.65. The lowest BCUT2D eigenvalue weighted by atomic mass is 10.0. The number of pyridine rings is 1. The summed E-state index contributed by atoms with van der Waals surface area (Å²) in [6.07, 6.45) is 4.69. The largest absolute Gasteiger partial charge is 0.398 e. The first kappa shape index (κ1) is 14.0. The molecule has 1 aromatic rings. The summed E-state index contributed by atoms with van der Waals surface area (Å²) >= 11 is 4.02. The molecule has 0 aliphatic carbocycles. The molecule has 6 heteroatoms. The van der Waals surface area contributed by atoms with E-state index in [1.807, 2.05) is 35.8 Å². The van der Waals surface area contributed by atoms with Crippen molar-refractivity contribution < 1.29 is 0 Å². The number of nitrogen functional groups attached to an aromatic ring is 1. The molecule has 4 nitrogen and oxygen atoms in total. The van der Waals surface area contributed by atoms with Crippen LogP contribution in [0, 0.1) is 0 Å². The van der Waals surface area contributed by atoms with Crippen molar-refractivity contribution in [1.82, 2.24) is 10.4 Å². The molecule has 2 heterocycles. The van der Waals surface area contributed by atoms with E-state index >= 15 is 0 Å². The molecule has 1 aliphatic heterocycles. The Morgan fingerprint density at radius 3 is 2.94 bits per heavy atom. The molecule has 18 heavy (non-hydrogen) atoms. The molecule has 1 fully saturated rings. The lowest BCUT2D eigenvalue weighted by molar-refractivity contribution is 0.514. The molecular weight excluding hydrogens is 264 g/mol. The van der Waals surface area contributed by atoms with Gasteiger partial charge in [-0.05, 0) is 12.5 Å². The van der Waals surface area contributed by atoms with Gasteiger partial charge in [0, 0.05) is 45.7 Å². The van der Waals surface area contributed by atoms with E-state index in [1.54, 1.807) is 6.20 Å². The van der Waals surface area contributed by atoms with Crippen LogP contribution in [0.2, 0.25) is 0 Å². The van der Waals surface area contributed by atoms with Crippen molar-refractivity contribution in [2.45, 2.75) is 29.9 Å². The standard InChI is InChI=1S/C12H20N4S2/c1-2-10-12(18-6-5-17-10)11(16-14)8-7-15-4-3-9(8)13/h3-4,7,10-12,16H,2,5-6,14H2,1H3,(H2,13,15). The first-order chi connectivity index (χ1) is 8.77. The summed E-state index contributed by atoms with van der Waals surface area (Å²) in [5.74, 6) is 8.16. The van der Waals surface area contributed by atoms with E-state index in [0.29, 0.717) is 10.5 Å². The Bertz CT molecular complexity index is 388. The van der Waals surface area contributed by atoms with E-state index in [4.69, 9.17) is 11.6 Å². The average Bonchev–Trinajstić information content (AvgIpc) is 2.42. The minimum atomic E-state index is 0.0708. The van der Waals surface area contributed by atoms with Gasteiger partial charge >= 0.3 is 0 Å². The minimum Gasteiger partial charge on any atom is -0.398 e. The lowest BCUT2D eigenvalue weighted by Gasteiger charge is -2.36. The van der Waals surface area contributed by atoms with E-state index in [-0.39, 0.29) is 6.04 Å². The lowest BCUT2D eigenvalue weighted by Crippen LogP contribution is -2.42. The van der Waals surface area contributed by atoms with Crippen LogP contribution in [0.4, 0.5) is 5.69 Å². The molecule has 0 saturated carbocycles. The maximum atomic E-state index is 6.04. The summed E-state index contributed by atoms with van der Waals surface area (Å²) in [6, 6.07) is 1.91. The molecule has 0 aromatic carbocycles. The highest BCUT2D eigenvalue weighted by Crippen LogP contribution is 2.40. The van der Waals surface area contributed by atoms with Gasteiger partial charge in [-0.1, -0.05) is 6.92 Å². The third-order valence-electron chi connectivity index (χ3n) is 3.22. The third-order valence-corrected chi connectivity index (χ3v) is 6.58. The van der Waals surface area contributed by atoms with Crippen LogP contribution in [0.25, 0.3) is 0 Å². The van der Waals surface area contributed by atoms with Crippen LogP contribution in [0.1, 0.15) is 24.9 Å². The van der Waals surface area contributed by atoms with Crippen LogP contribution in [0.15, 0.2) is 18.5 Å². The van der Waals surface area contributed by atoms with Crippen LogP contribution in [0.3, 0.4) is 0 Å². The maximum absolute atomic E-state index is 6.04. The zero-order valence-electron chi connectivity index (χ0n) is 10.5. The van der Waals surface area contributed by atoms with Crippen molar-refractivity contribution in [2.24, 2.45) is 5.84 Å². The fraction of sp³-hybridized carbons (Fsp3) is 0.583. The Morgan fingerprint density at radius 1 is 1.50 bits per heavy atom. The molecule has 0 spiro atoms. The van der Waals surface area contributed by atoms with E-state index in [0.717, 1.165) is 17.7 Å². The number of nitrogens with zero attached hydrogens (tertiary/aromatic N) is 1. The van der Waals surface area contributed by atoms with Crippen molar-refractivity contribution in [2.75, 3.05) is 17.2 Å². The number of aromatic nitrogens is 1. The molecule has 0 bridgehead atoms. The van der Waals surface area contributed by atoms with E-state index in [2.05, 4.69) is 17.3 Å². The zero-order valence-corrected chi connectivity index (χ0v) is 12.1. The van der Waals surface area contributed by atoms with Crippen molar-refractivity contribution in [3.05, 3.63) is 24.0 Å². The van der Waals surface area contributed by atoms with E-state index in [9.17, 15) is 0 Å². The van der Waals surface area contributed by atoms with Gasteiger partial charge in [-0.2, -0.15) is 23.5 Å². The van der Waals surface area contributed by atoms with Gasteiger partial charge in [0.15, 0.2) is 0 Å². The number of hydrazine groups is 1. The summed E-state index contributed by atoms with van der Waals surface area (Å²) in [7, 11) is 0. The van der Waals surface area contributed by atoms with Gasteiger partial charge in [0.05, 0.1) is 6.04 Å². The van der Waals surface area contributed by atoms with Crippen LogP contribution in [-0.2, 0) is 0 Å². The number of nitrogens with two attached hydrogens (primary N) is 2. The SMILES string of the molecule is CCC1SCCSC1C(NN)c1cnccc1N. The van der Waals surface area contributed by atoms with Gasteiger partial charge in [0.25, 0.3) is 0 Å². The van der Waals surface area contributed by atoms with Crippen LogP contribution in [0.5, 0.6) is 0 Å². The molecule has 1 aromatic heterocycles. The Labute approximate surface area is 117 Å². The van der Waals surface area contributed by atoms with Crippen molar-refractivity contribution in [1.29, 1.82) is 0 Å². The number of hydrogen-bond acceptors (Lipinski definition) is 6. The van der Waals surface area contributed by atoms with E-state index in [1.165, 1.54) is 11.5 Å². The summed E-state index contributed by atoms with van der Waals surface area (Å²) in [6.45, 7) is 2.23. The smallest absolute Gasteiger partial charge is 0.0624 e. The summed E-state index contributed by atoms with van der Waals surface area (Å²) in [5.41, 5.74) is 10.8. The third kappa shape index (κ3) is 2.93. The highest BCUT2D eigenvalue weighted by molar-refractivity contribution is 8.07. The Hall–Kier alpha value is -0.430. The predicted molar refractivity (Wildman–Crippen MR) is 81.5 cm³/mol. The predicted octanol–water partition coefficient (Wildman–Crippen LogP) is 1.80. The number of rotatable bonds is 4. The van der Waals surface area contributed by atoms with Gasteiger partial charge in [-0.3, -0.25) is 16.3 Å². The van der Waals surface area contributed by atoms with E-state index < -0.39 is 0 Å². The summed E-state index contributed by atoms with van der Waals surface area (Å²) < 4.78 is 0. The molecule has 0 radical (unpaired) electrons. The molecule has 1 aliphatic rings. The highest BCUT2D eigenvalue weighted by atomic mass is 32.2. The van der Waals surface area contributed by atoms with Crippen LogP contribution >= 0.6 is 23.5 Å². The van der Waals surface area contributed by atoms with Crippen molar-refractivity contribution in [3.8, 4) is 0 Å². The second-order valence-electron chi connectivity index (χ2n) is 4.30. The van der Waals surface area contributed by atoms with Crippen LogP contribution in [-0.4, -0.2) is 27.0 Å². The maximum Gasteiger partial charge on any atom is 0.0624 e. The van der Waals surface area contributed by atoms with Crippen LogP contribution < -0.4 is 17.0 Å². The molecule has 5 N–H and O–H groups in total. The normalized spacial score (nSPS) is 25.9. The molecule has 1 saturated heterocycles. The monoisotopic (exact) mass is 284 g/mol. The number of anilines is 1. The molecule has 3 atom stereocenters. The van der Waals surface area contributed by atoms with Gasteiger partial charge in [0.2, 0.25) is 0 Å². The second-order valence-corrected chi connectivity index (χ2v) is 6.93. The zero-order chi connectivity index (χ0) is 13.0. The first-order valence-electron chi connectivity index (χ1n) is 6.16. The molecule has 2 rings (SSSR count). The molecular formula is C12H20N4S2.